The van der Waals surface area contributed by atoms with Crippen LogP contribution < -0.4 is 0 Å². The van der Waals surface area contributed by atoms with Crippen LogP contribution in [0, 0.1) is 0 Å². The summed E-state index contributed by atoms with van der Waals surface area (Å²) in [5, 5.41) is 5.03. The Labute approximate surface area is 222 Å². The van der Waals surface area contributed by atoms with Gasteiger partial charge in [0.25, 0.3) is 0 Å². The Kier molecular flexibility index (Phi) is 5.33. The van der Waals surface area contributed by atoms with Gasteiger partial charge in [-0.3, -0.25) is 4.79 Å². The lowest BCUT2D eigenvalue weighted by Gasteiger charge is -2.03. The molecule has 0 unspecified atom stereocenters. The number of benzene rings is 4. The molecule has 0 atom stereocenters. The predicted octanol–water partition coefficient (Wildman–Crippen LogP) is 8.77. The van der Waals surface area contributed by atoms with Crippen LogP contribution in [0.1, 0.15) is 37.8 Å². The second kappa shape index (κ2) is 8.88. The maximum Gasteiger partial charge on any atom is 0.185 e. The number of allylic oxidation sites excluding steroid dienone is 2. The Morgan fingerprint density at radius 1 is 0.579 bits per heavy atom. The molecule has 0 amide bonds. The summed E-state index contributed by atoms with van der Waals surface area (Å²) in [5.74, 6) is 0.178. The zero-order valence-electron chi connectivity index (χ0n) is 21.9. The highest BCUT2D eigenvalue weighted by molar-refractivity contribution is 6.16. The number of carbonyl (C=O) groups is 1. The molecular formula is C35H30N2O. The normalized spacial score (nSPS) is 16.3. The fourth-order valence-electron chi connectivity index (χ4n) is 6.38. The number of ketones is 1. The van der Waals surface area contributed by atoms with E-state index in [4.69, 9.17) is 0 Å². The Hall–Kier alpha value is -4.37. The first kappa shape index (κ1) is 22.8. The maximum absolute atomic E-state index is 13.4. The third-order valence-electron chi connectivity index (χ3n) is 8.15. The summed E-state index contributed by atoms with van der Waals surface area (Å²) in [7, 11) is 0. The number of hydrogen-bond acceptors (Lipinski definition) is 1. The van der Waals surface area contributed by atoms with Crippen LogP contribution in [0.25, 0.3) is 55.8 Å². The number of carbonyl (C=O) groups excluding carboxylic acids is 1. The lowest BCUT2D eigenvalue weighted by atomic mass is 10.0. The summed E-state index contributed by atoms with van der Waals surface area (Å²) in [6.07, 6.45) is 5.77. The molecule has 0 saturated heterocycles. The highest BCUT2D eigenvalue weighted by atomic mass is 16.1. The number of Topliss-reactive ketones (excluding diaryl/α,β-unsaturated/α-hetero) is 1. The first-order valence-corrected chi connectivity index (χ1v) is 13.6. The summed E-state index contributed by atoms with van der Waals surface area (Å²) in [5.41, 5.74) is 9.00. The van der Waals surface area contributed by atoms with Gasteiger partial charge in [0.15, 0.2) is 5.78 Å². The number of rotatable bonds is 4. The maximum atomic E-state index is 13.4. The smallest absolute Gasteiger partial charge is 0.185 e. The fourth-order valence-corrected chi connectivity index (χ4v) is 6.38. The lowest BCUT2D eigenvalue weighted by molar-refractivity contribution is -0.111. The molecular weight excluding hydrogens is 464 g/mol. The average molecular weight is 495 g/mol. The average Bonchev–Trinajstić information content (AvgIpc) is 3.58. The van der Waals surface area contributed by atoms with E-state index in [0.717, 1.165) is 48.2 Å². The van der Waals surface area contributed by atoms with Gasteiger partial charge in [-0.05, 0) is 86.4 Å². The van der Waals surface area contributed by atoms with Crippen LogP contribution in [0.4, 0.5) is 0 Å². The van der Waals surface area contributed by atoms with Crippen molar-refractivity contribution in [1.29, 1.82) is 0 Å². The minimum absolute atomic E-state index is 0.178. The molecule has 0 bridgehead atoms. The summed E-state index contributed by atoms with van der Waals surface area (Å²) in [6.45, 7) is 6.24. The third kappa shape index (κ3) is 3.46. The number of aromatic nitrogens is 2. The zero-order chi connectivity index (χ0) is 25.8. The van der Waals surface area contributed by atoms with E-state index in [2.05, 4.69) is 120 Å². The van der Waals surface area contributed by atoms with Gasteiger partial charge >= 0.3 is 0 Å². The van der Waals surface area contributed by atoms with Gasteiger partial charge in [0.1, 0.15) is 0 Å². The van der Waals surface area contributed by atoms with Gasteiger partial charge < -0.3 is 9.13 Å². The van der Waals surface area contributed by atoms with Crippen molar-refractivity contribution in [3.63, 3.8) is 0 Å². The molecule has 4 aromatic carbocycles. The molecule has 0 aliphatic heterocycles. The van der Waals surface area contributed by atoms with Crippen LogP contribution in [-0.2, 0) is 17.9 Å². The molecule has 6 aromatic rings. The van der Waals surface area contributed by atoms with Crippen molar-refractivity contribution in [1.82, 2.24) is 9.13 Å². The van der Waals surface area contributed by atoms with Crippen LogP contribution in [0.5, 0.6) is 0 Å². The van der Waals surface area contributed by atoms with Crippen molar-refractivity contribution in [2.24, 2.45) is 0 Å². The SMILES string of the molecule is CCn1c2ccccc2c2cc(C=C3CCC(=Cc4ccc5c(c4)c4ccccc4n5CC)C3=O)ccc21. The highest BCUT2D eigenvalue weighted by Crippen LogP contribution is 2.34. The van der Waals surface area contributed by atoms with E-state index in [1.807, 2.05) is 0 Å². The molecule has 186 valence electrons. The molecule has 0 radical (unpaired) electrons. The van der Waals surface area contributed by atoms with Crippen molar-refractivity contribution < 1.29 is 4.79 Å². The van der Waals surface area contributed by atoms with Crippen molar-refractivity contribution in [3.8, 4) is 0 Å². The molecule has 1 aliphatic rings. The van der Waals surface area contributed by atoms with Gasteiger partial charge in [-0.1, -0.05) is 48.5 Å². The zero-order valence-corrected chi connectivity index (χ0v) is 21.9. The molecule has 7 rings (SSSR count). The number of para-hydroxylation sites is 2. The molecule has 38 heavy (non-hydrogen) atoms. The second-order valence-corrected chi connectivity index (χ2v) is 10.2. The van der Waals surface area contributed by atoms with Crippen LogP contribution >= 0.6 is 0 Å². The Morgan fingerprint density at radius 3 is 1.45 bits per heavy atom. The topological polar surface area (TPSA) is 26.9 Å². The number of aryl methyl sites for hydroxylation is 2. The minimum Gasteiger partial charge on any atom is -0.341 e. The van der Waals surface area contributed by atoms with Crippen molar-refractivity contribution >= 4 is 61.5 Å². The van der Waals surface area contributed by atoms with Crippen LogP contribution in [-0.4, -0.2) is 14.9 Å². The van der Waals surface area contributed by atoms with Crippen molar-refractivity contribution in [2.75, 3.05) is 0 Å². The Bertz CT molecular complexity index is 1820. The van der Waals surface area contributed by atoms with Gasteiger partial charge in [-0.25, -0.2) is 0 Å². The minimum atomic E-state index is 0.178. The molecule has 2 heterocycles. The first-order valence-electron chi connectivity index (χ1n) is 13.6. The van der Waals surface area contributed by atoms with Gasteiger partial charge in [-0.2, -0.15) is 0 Å². The van der Waals surface area contributed by atoms with Crippen LogP contribution in [0.2, 0.25) is 0 Å². The van der Waals surface area contributed by atoms with E-state index >= 15 is 0 Å². The van der Waals surface area contributed by atoms with Gasteiger partial charge in [0.2, 0.25) is 0 Å². The quantitative estimate of drug-likeness (QED) is 0.225. The fraction of sp³-hybridized carbons (Fsp3) is 0.171. The molecule has 0 N–H and O–H groups in total. The summed E-state index contributed by atoms with van der Waals surface area (Å²) >= 11 is 0. The number of fused-ring (bicyclic) bond motifs is 6. The molecule has 1 saturated carbocycles. The molecule has 3 heteroatoms. The molecule has 0 spiro atoms. The van der Waals surface area contributed by atoms with E-state index in [-0.39, 0.29) is 5.78 Å². The van der Waals surface area contributed by atoms with E-state index in [1.54, 1.807) is 0 Å². The summed E-state index contributed by atoms with van der Waals surface area (Å²) in [6, 6.07) is 30.3. The summed E-state index contributed by atoms with van der Waals surface area (Å²) < 4.78 is 4.72. The van der Waals surface area contributed by atoms with E-state index in [1.165, 1.54) is 43.6 Å². The van der Waals surface area contributed by atoms with Gasteiger partial charge in [-0.15, -0.1) is 0 Å². The molecule has 1 aliphatic carbocycles. The lowest BCUT2D eigenvalue weighted by Crippen LogP contribution is -1.96. The second-order valence-electron chi connectivity index (χ2n) is 10.2. The standard InChI is InChI=1S/C35H30N2O/c1-3-36-31-11-7-5-9-27(31)29-21-23(13-17-33(29)36)19-25-15-16-26(35(25)38)20-24-14-18-34-30(22-24)28-10-6-8-12-32(28)37(34)4-2/h5-14,17-22H,3-4,15-16H2,1-2H3. The van der Waals surface area contributed by atoms with Gasteiger partial charge in [0.05, 0.1) is 0 Å². The molecule has 1 fully saturated rings. The van der Waals surface area contributed by atoms with Crippen LogP contribution in [0.15, 0.2) is 96.1 Å². The number of nitrogens with zero attached hydrogens (tertiary/aromatic N) is 2. The van der Waals surface area contributed by atoms with E-state index in [9.17, 15) is 4.79 Å². The van der Waals surface area contributed by atoms with Crippen molar-refractivity contribution in [3.05, 3.63) is 107 Å². The molecule has 2 aromatic heterocycles. The number of hydrogen-bond donors (Lipinski definition) is 0. The largest absolute Gasteiger partial charge is 0.341 e. The Balaban J connectivity index is 1.24. The third-order valence-corrected chi connectivity index (χ3v) is 8.15. The van der Waals surface area contributed by atoms with Crippen LogP contribution in [0.3, 0.4) is 0 Å². The predicted molar refractivity (Wildman–Crippen MR) is 160 cm³/mol. The molecule has 3 nitrogen and oxygen atoms in total. The Morgan fingerprint density at radius 2 is 1.00 bits per heavy atom. The van der Waals surface area contributed by atoms with E-state index in [0.29, 0.717) is 0 Å². The monoisotopic (exact) mass is 494 g/mol. The van der Waals surface area contributed by atoms with E-state index < -0.39 is 0 Å². The highest BCUT2D eigenvalue weighted by Gasteiger charge is 2.23. The summed E-state index contributed by atoms with van der Waals surface area (Å²) in [4.78, 5) is 13.4. The van der Waals surface area contributed by atoms with Gasteiger partial charge in [0, 0.05) is 67.8 Å². The van der Waals surface area contributed by atoms with Crippen molar-refractivity contribution in [2.45, 2.75) is 39.8 Å². The first-order chi connectivity index (χ1) is 18.7.